The molecule has 0 amide bonds. The van der Waals surface area contributed by atoms with Gasteiger partial charge in [0, 0.05) is 13.1 Å². The van der Waals surface area contributed by atoms with Crippen LogP contribution >= 0.6 is 0 Å². The van der Waals surface area contributed by atoms with E-state index in [-0.39, 0.29) is 5.75 Å². The highest BCUT2D eigenvalue weighted by atomic mass is 32.2. The van der Waals surface area contributed by atoms with E-state index in [9.17, 15) is 13.5 Å². The normalized spacial score (nSPS) is 20.8. The number of hydrogen-bond acceptors (Lipinski definition) is 4. The molecule has 1 aliphatic heterocycles. The molecule has 0 saturated carbocycles. The largest absolute Gasteiger partial charge is 0.504 e. The molecule has 0 spiro atoms. The van der Waals surface area contributed by atoms with Gasteiger partial charge >= 0.3 is 0 Å². The van der Waals surface area contributed by atoms with Gasteiger partial charge < -0.3 is 9.84 Å². The van der Waals surface area contributed by atoms with Crippen molar-refractivity contribution in [2.24, 2.45) is 0 Å². The Labute approximate surface area is 113 Å². The summed E-state index contributed by atoms with van der Waals surface area (Å²) in [6, 6.07) is 4.77. The fraction of sp³-hybridized carbons (Fsp3) is 0.385. The van der Waals surface area contributed by atoms with Gasteiger partial charge in [-0.1, -0.05) is 13.0 Å². The summed E-state index contributed by atoms with van der Waals surface area (Å²) in [7, 11) is -1.86. The van der Waals surface area contributed by atoms with Crippen molar-refractivity contribution in [1.82, 2.24) is 4.31 Å². The first kappa shape index (κ1) is 13.9. The lowest BCUT2D eigenvalue weighted by Crippen LogP contribution is -2.24. The number of ether oxygens (including phenoxy) is 1. The first-order valence-electron chi connectivity index (χ1n) is 6.06. The van der Waals surface area contributed by atoms with Gasteiger partial charge in [-0.25, -0.2) is 8.42 Å². The molecule has 0 bridgehead atoms. The van der Waals surface area contributed by atoms with Gasteiger partial charge in [-0.05, 0) is 30.2 Å². The standard InChI is InChI=1S/C13H17NO4S/c1-3-14-7-6-11(19(14,16)17)8-10-4-5-12(15)13(9-10)18-2/h4-5,8-9,15H,3,6-7H2,1-2H3/b11-8+. The number of nitrogens with zero attached hydrogens (tertiary/aromatic N) is 1. The maximum absolute atomic E-state index is 12.1. The van der Waals surface area contributed by atoms with Crippen molar-refractivity contribution in [2.75, 3.05) is 20.2 Å². The molecule has 0 radical (unpaired) electrons. The van der Waals surface area contributed by atoms with Crippen LogP contribution in [-0.2, 0) is 10.0 Å². The van der Waals surface area contributed by atoms with Crippen LogP contribution in [0.2, 0.25) is 0 Å². The van der Waals surface area contributed by atoms with Crippen LogP contribution < -0.4 is 4.74 Å². The van der Waals surface area contributed by atoms with Gasteiger partial charge in [0.2, 0.25) is 10.0 Å². The quantitative estimate of drug-likeness (QED) is 0.918. The minimum Gasteiger partial charge on any atom is -0.504 e. The molecule has 1 aromatic rings. The van der Waals surface area contributed by atoms with Crippen LogP contribution in [0.15, 0.2) is 23.1 Å². The fourth-order valence-corrected chi connectivity index (χ4v) is 3.73. The Kier molecular flexibility index (Phi) is 3.82. The number of phenols is 1. The smallest absolute Gasteiger partial charge is 0.239 e. The molecule has 1 N–H and O–H groups in total. The van der Waals surface area contributed by atoms with Gasteiger partial charge in [0.25, 0.3) is 0 Å². The molecule has 5 nitrogen and oxygen atoms in total. The Morgan fingerprint density at radius 2 is 2.21 bits per heavy atom. The van der Waals surface area contributed by atoms with Gasteiger partial charge in [-0.3, -0.25) is 0 Å². The van der Waals surface area contributed by atoms with Crippen molar-refractivity contribution < 1.29 is 18.3 Å². The summed E-state index contributed by atoms with van der Waals surface area (Å²) in [6.45, 7) is 2.84. The number of hydrogen-bond donors (Lipinski definition) is 1. The van der Waals surface area contributed by atoms with E-state index < -0.39 is 10.0 Å². The SMILES string of the molecule is CCN1CC/C(=C\c2ccc(O)c(OC)c2)S1(=O)=O. The first-order chi connectivity index (χ1) is 8.98. The molecule has 0 aliphatic carbocycles. The number of rotatable bonds is 3. The van der Waals surface area contributed by atoms with Gasteiger partial charge in [0.1, 0.15) is 0 Å². The topological polar surface area (TPSA) is 66.8 Å². The Balaban J connectivity index is 2.37. The summed E-state index contributed by atoms with van der Waals surface area (Å²) >= 11 is 0. The molecule has 6 heteroatoms. The highest BCUT2D eigenvalue weighted by Gasteiger charge is 2.32. The van der Waals surface area contributed by atoms with E-state index in [0.717, 1.165) is 0 Å². The number of benzene rings is 1. The predicted molar refractivity (Wildman–Crippen MR) is 73.4 cm³/mol. The second-order valence-electron chi connectivity index (χ2n) is 4.29. The Hall–Kier alpha value is -1.53. The average Bonchev–Trinajstić information content (AvgIpc) is 2.66. The van der Waals surface area contributed by atoms with E-state index in [4.69, 9.17) is 4.74 Å². The van der Waals surface area contributed by atoms with Crippen LogP contribution in [0, 0.1) is 0 Å². The van der Waals surface area contributed by atoms with E-state index in [0.29, 0.717) is 35.7 Å². The van der Waals surface area contributed by atoms with E-state index >= 15 is 0 Å². The monoisotopic (exact) mass is 283 g/mol. The van der Waals surface area contributed by atoms with Crippen molar-refractivity contribution in [3.05, 3.63) is 28.7 Å². The van der Waals surface area contributed by atoms with Crippen molar-refractivity contribution >= 4 is 16.1 Å². The van der Waals surface area contributed by atoms with Crippen molar-refractivity contribution in [1.29, 1.82) is 0 Å². The van der Waals surface area contributed by atoms with Crippen molar-refractivity contribution in [3.8, 4) is 11.5 Å². The minimum atomic E-state index is -3.31. The third-order valence-electron chi connectivity index (χ3n) is 3.16. The third-order valence-corrected chi connectivity index (χ3v) is 5.27. The van der Waals surface area contributed by atoms with E-state index in [1.807, 2.05) is 6.92 Å². The Bertz CT molecular complexity index is 607. The molecule has 0 aromatic heterocycles. The second-order valence-corrected chi connectivity index (χ2v) is 6.28. The zero-order valence-corrected chi connectivity index (χ0v) is 11.8. The first-order valence-corrected chi connectivity index (χ1v) is 7.50. The van der Waals surface area contributed by atoms with Crippen LogP contribution in [0.1, 0.15) is 18.9 Å². The molecule has 1 aromatic carbocycles. The lowest BCUT2D eigenvalue weighted by atomic mass is 10.1. The third kappa shape index (κ3) is 2.59. The van der Waals surface area contributed by atoms with Crippen LogP contribution in [0.4, 0.5) is 0 Å². The van der Waals surface area contributed by atoms with Crippen LogP contribution in [-0.4, -0.2) is 38.0 Å². The number of phenolic OH excluding ortho intramolecular Hbond substituents is 1. The summed E-state index contributed by atoms with van der Waals surface area (Å²) in [4.78, 5) is 0.405. The van der Waals surface area contributed by atoms with E-state index in [2.05, 4.69) is 0 Å². The number of methoxy groups -OCH3 is 1. The van der Waals surface area contributed by atoms with Crippen LogP contribution in [0.3, 0.4) is 0 Å². The van der Waals surface area contributed by atoms with Gasteiger partial charge in [0.15, 0.2) is 11.5 Å². The highest BCUT2D eigenvalue weighted by molar-refractivity contribution is 7.93. The summed E-state index contributed by atoms with van der Waals surface area (Å²) in [5, 5.41) is 9.51. The molecule has 2 rings (SSSR count). The molecule has 1 fully saturated rings. The second kappa shape index (κ2) is 5.22. The number of sulfonamides is 1. The lowest BCUT2D eigenvalue weighted by molar-refractivity contribution is 0.373. The highest BCUT2D eigenvalue weighted by Crippen LogP contribution is 2.31. The molecule has 0 unspecified atom stereocenters. The molecule has 1 heterocycles. The summed E-state index contributed by atoms with van der Waals surface area (Å²) in [5.41, 5.74) is 0.700. The van der Waals surface area contributed by atoms with Crippen molar-refractivity contribution in [2.45, 2.75) is 13.3 Å². The zero-order chi connectivity index (χ0) is 14.0. The fourth-order valence-electron chi connectivity index (χ4n) is 2.09. The summed E-state index contributed by atoms with van der Waals surface area (Å²) in [6.07, 6.45) is 2.15. The van der Waals surface area contributed by atoms with Crippen LogP contribution in [0.25, 0.3) is 6.08 Å². The maximum Gasteiger partial charge on any atom is 0.239 e. The van der Waals surface area contributed by atoms with E-state index in [1.54, 1.807) is 18.2 Å². The van der Waals surface area contributed by atoms with Gasteiger partial charge in [-0.15, -0.1) is 0 Å². The summed E-state index contributed by atoms with van der Waals surface area (Å²) < 4.78 is 30.7. The Morgan fingerprint density at radius 3 is 2.79 bits per heavy atom. The van der Waals surface area contributed by atoms with Gasteiger partial charge in [0.05, 0.1) is 12.0 Å². The van der Waals surface area contributed by atoms with Gasteiger partial charge in [-0.2, -0.15) is 4.31 Å². The predicted octanol–water partition coefficient (Wildman–Crippen LogP) is 1.80. The zero-order valence-electron chi connectivity index (χ0n) is 11.0. The average molecular weight is 283 g/mol. The molecule has 1 saturated heterocycles. The molecule has 1 aliphatic rings. The maximum atomic E-state index is 12.1. The Morgan fingerprint density at radius 1 is 1.47 bits per heavy atom. The molecule has 0 atom stereocenters. The molecular weight excluding hydrogens is 266 g/mol. The van der Waals surface area contributed by atoms with Crippen molar-refractivity contribution in [3.63, 3.8) is 0 Å². The van der Waals surface area contributed by atoms with Crippen LogP contribution in [0.5, 0.6) is 11.5 Å². The van der Waals surface area contributed by atoms with E-state index in [1.165, 1.54) is 17.5 Å². The summed E-state index contributed by atoms with van der Waals surface area (Å²) in [5.74, 6) is 0.367. The lowest BCUT2D eigenvalue weighted by Gasteiger charge is -2.10. The molecular formula is C13H17NO4S. The molecule has 19 heavy (non-hydrogen) atoms. The number of aromatic hydroxyl groups is 1. The molecule has 104 valence electrons. The minimum absolute atomic E-state index is 0.0362.